The van der Waals surface area contributed by atoms with E-state index in [0.717, 1.165) is 22.0 Å². The second kappa shape index (κ2) is 9.24. The maximum atomic E-state index is 13.2. The zero-order chi connectivity index (χ0) is 22.7. The highest BCUT2D eigenvalue weighted by Crippen LogP contribution is 2.20. The van der Waals surface area contributed by atoms with E-state index in [9.17, 15) is 14.0 Å². The summed E-state index contributed by atoms with van der Waals surface area (Å²) in [5.74, 6) is -0.395. The molecule has 0 aliphatic carbocycles. The molecule has 0 bridgehead atoms. The largest absolute Gasteiger partial charge is 0.322 e. The standard InChI is InChI=1S/C25H21ClFN3O2/c1-16-6-7-17-13-19(24(31)29-23(17)12-16)15-30(14-18-4-2-3-5-22(18)26)25(32)28-21-10-8-20(27)9-11-21/h2-13H,14-15H2,1H3,(H,28,32)(H,29,31). The Morgan fingerprint density at radius 3 is 2.47 bits per heavy atom. The lowest BCUT2D eigenvalue weighted by atomic mass is 10.1. The SMILES string of the molecule is Cc1ccc2cc(CN(Cc3ccccc3Cl)C(=O)Nc3ccc(F)cc3)c(=O)[nH]c2c1. The monoisotopic (exact) mass is 449 g/mol. The van der Waals surface area contributed by atoms with Gasteiger partial charge in [0.25, 0.3) is 5.56 Å². The van der Waals surface area contributed by atoms with Crippen molar-refractivity contribution in [3.05, 3.63) is 111 Å². The number of aryl methyl sites for hydroxylation is 1. The van der Waals surface area contributed by atoms with E-state index in [1.54, 1.807) is 12.1 Å². The molecule has 2 N–H and O–H groups in total. The van der Waals surface area contributed by atoms with Crippen molar-refractivity contribution in [3.63, 3.8) is 0 Å². The molecule has 162 valence electrons. The first-order valence-electron chi connectivity index (χ1n) is 10.1. The van der Waals surface area contributed by atoms with Gasteiger partial charge >= 0.3 is 6.03 Å². The first kappa shape index (κ1) is 21.6. The van der Waals surface area contributed by atoms with Crippen molar-refractivity contribution in [2.75, 3.05) is 5.32 Å². The number of pyridine rings is 1. The predicted octanol–water partition coefficient (Wildman–Crippen LogP) is 5.86. The molecule has 4 aromatic rings. The molecule has 0 spiro atoms. The minimum Gasteiger partial charge on any atom is -0.322 e. The second-order valence-electron chi connectivity index (χ2n) is 7.60. The van der Waals surface area contributed by atoms with Gasteiger partial charge in [0.2, 0.25) is 0 Å². The number of nitrogens with one attached hydrogen (secondary N) is 2. The Morgan fingerprint density at radius 2 is 1.72 bits per heavy atom. The average Bonchev–Trinajstić information content (AvgIpc) is 2.76. The number of aromatic nitrogens is 1. The maximum Gasteiger partial charge on any atom is 0.322 e. The number of benzene rings is 3. The molecule has 1 aromatic heterocycles. The third-order valence-electron chi connectivity index (χ3n) is 5.14. The van der Waals surface area contributed by atoms with Crippen molar-refractivity contribution < 1.29 is 9.18 Å². The maximum absolute atomic E-state index is 13.2. The van der Waals surface area contributed by atoms with Crippen molar-refractivity contribution in [2.45, 2.75) is 20.0 Å². The molecular formula is C25H21ClFN3O2. The van der Waals surface area contributed by atoms with Gasteiger partial charge in [-0.25, -0.2) is 9.18 Å². The van der Waals surface area contributed by atoms with Crippen LogP contribution in [0.25, 0.3) is 10.9 Å². The Hall–Kier alpha value is -3.64. The lowest BCUT2D eigenvalue weighted by Gasteiger charge is -2.24. The fourth-order valence-electron chi connectivity index (χ4n) is 3.45. The van der Waals surface area contributed by atoms with E-state index in [1.165, 1.54) is 29.2 Å². The molecule has 0 saturated heterocycles. The number of halogens is 2. The summed E-state index contributed by atoms with van der Waals surface area (Å²) in [6, 6.07) is 19.9. The number of amides is 2. The van der Waals surface area contributed by atoms with Crippen molar-refractivity contribution in [2.24, 2.45) is 0 Å². The quantitative estimate of drug-likeness (QED) is 0.400. The number of urea groups is 1. The summed E-state index contributed by atoms with van der Waals surface area (Å²) in [5.41, 5.74) is 3.16. The van der Waals surface area contributed by atoms with Crippen LogP contribution in [0.4, 0.5) is 14.9 Å². The van der Waals surface area contributed by atoms with Crippen LogP contribution in [0.2, 0.25) is 5.02 Å². The predicted molar refractivity (Wildman–Crippen MR) is 125 cm³/mol. The van der Waals surface area contributed by atoms with Gasteiger partial charge < -0.3 is 15.2 Å². The van der Waals surface area contributed by atoms with E-state index in [2.05, 4.69) is 10.3 Å². The number of anilines is 1. The smallest absolute Gasteiger partial charge is 0.322 e. The van der Waals surface area contributed by atoms with Crippen molar-refractivity contribution >= 4 is 34.2 Å². The van der Waals surface area contributed by atoms with E-state index in [4.69, 9.17) is 11.6 Å². The molecule has 3 aromatic carbocycles. The summed E-state index contributed by atoms with van der Waals surface area (Å²) in [7, 11) is 0. The molecule has 7 heteroatoms. The highest BCUT2D eigenvalue weighted by atomic mass is 35.5. The lowest BCUT2D eigenvalue weighted by molar-refractivity contribution is 0.206. The van der Waals surface area contributed by atoms with E-state index in [1.807, 2.05) is 43.3 Å². The number of hydrogen-bond donors (Lipinski definition) is 2. The molecule has 0 fully saturated rings. The van der Waals surface area contributed by atoms with Gasteiger partial charge in [-0.1, -0.05) is 41.9 Å². The Kier molecular flexibility index (Phi) is 6.23. The van der Waals surface area contributed by atoms with E-state index in [0.29, 0.717) is 16.3 Å². The zero-order valence-electron chi connectivity index (χ0n) is 17.4. The van der Waals surface area contributed by atoms with Crippen LogP contribution in [0.1, 0.15) is 16.7 Å². The fraction of sp³-hybridized carbons (Fsp3) is 0.120. The average molecular weight is 450 g/mol. The molecule has 32 heavy (non-hydrogen) atoms. The molecule has 2 amide bonds. The molecule has 1 heterocycles. The Balaban J connectivity index is 1.66. The Labute approximate surface area is 189 Å². The number of hydrogen-bond acceptors (Lipinski definition) is 2. The minimum absolute atomic E-state index is 0.0669. The summed E-state index contributed by atoms with van der Waals surface area (Å²) in [6.07, 6.45) is 0. The van der Waals surface area contributed by atoms with Crippen LogP contribution >= 0.6 is 11.6 Å². The first-order valence-corrected chi connectivity index (χ1v) is 10.4. The topological polar surface area (TPSA) is 65.2 Å². The van der Waals surface area contributed by atoms with Crippen molar-refractivity contribution in [3.8, 4) is 0 Å². The number of rotatable bonds is 5. The van der Waals surface area contributed by atoms with Gasteiger partial charge in [-0.15, -0.1) is 0 Å². The van der Waals surface area contributed by atoms with Crippen LogP contribution in [-0.4, -0.2) is 15.9 Å². The van der Waals surface area contributed by atoms with Crippen LogP contribution in [0.3, 0.4) is 0 Å². The zero-order valence-corrected chi connectivity index (χ0v) is 18.1. The number of carbonyl (C=O) groups is 1. The van der Waals surface area contributed by atoms with Crippen LogP contribution in [0, 0.1) is 12.7 Å². The van der Waals surface area contributed by atoms with Gasteiger partial charge in [0, 0.05) is 28.3 Å². The van der Waals surface area contributed by atoms with Crippen molar-refractivity contribution in [1.82, 2.24) is 9.88 Å². The first-order chi connectivity index (χ1) is 15.4. The molecule has 0 aliphatic heterocycles. The summed E-state index contributed by atoms with van der Waals surface area (Å²) < 4.78 is 13.2. The summed E-state index contributed by atoms with van der Waals surface area (Å²) in [6.45, 7) is 2.21. The number of aromatic amines is 1. The molecule has 0 saturated carbocycles. The van der Waals surface area contributed by atoms with Crippen LogP contribution in [0.15, 0.2) is 77.6 Å². The number of nitrogens with zero attached hydrogens (tertiary/aromatic N) is 1. The number of carbonyl (C=O) groups excluding carboxylic acids is 1. The third kappa shape index (κ3) is 4.98. The van der Waals surface area contributed by atoms with E-state index < -0.39 is 11.8 Å². The van der Waals surface area contributed by atoms with Crippen LogP contribution in [-0.2, 0) is 13.1 Å². The molecule has 5 nitrogen and oxygen atoms in total. The van der Waals surface area contributed by atoms with Gasteiger partial charge in [-0.3, -0.25) is 4.79 Å². The second-order valence-corrected chi connectivity index (χ2v) is 8.01. The minimum atomic E-state index is -0.431. The van der Waals surface area contributed by atoms with Gasteiger partial charge in [0.05, 0.1) is 6.54 Å². The summed E-state index contributed by atoms with van der Waals surface area (Å²) in [4.78, 5) is 30.2. The molecule has 0 aliphatic rings. The highest BCUT2D eigenvalue weighted by Gasteiger charge is 2.18. The molecule has 4 rings (SSSR count). The Morgan fingerprint density at radius 1 is 1.00 bits per heavy atom. The lowest BCUT2D eigenvalue weighted by Crippen LogP contribution is -2.35. The van der Waals surface area contributed by atoms with Gasteiger partial charge in [-0.2, -0.15) is 0 Å². The van der Waals surface area contributed by atoms with Gasteiger partial charge in [-0.05, 0) is 65.9 Å². The van der Waals surface area contributed by atoms with Crippen LogP contribution < -0.4 is 10.9 Å². The van der Waals surface area contributed by atoms with Crippen molar-refractivity contribution in [1.29, 1.82) is 0 Å². The molecule has 0 unspecified atom stereocenters. The number of fused-ring (bicyclic) bond motifs is 1. The summed E-state index contributed by atoms with van der Waals surface area (Å²) >= 11 is 6.31. The van der Waals surface area contributed by atoms with Gasteiger partial charge in [0.1, 0.15) is 5.82 Å². The van der Waals surface area contributed by atoms with Gasteiger partial charge in [0.15, 0.2) is 0 Å². The molecule has 0 atom stereocenters. The summed E-state index contributed by atoms with van der Waals surface area (Å²) in [5, 5.41) is 4.16. The number of H-pyrrole nitrogens is 1. The third-order valence-corrected chi connectivity index (χ3v) is 5.51. The Bertz CT molecular complexity index is 1340. The molecular weight excluding hydrogens is 429 g/mol. The molecule has 0 radical (unpaired) electrons. The van der Waals surface area contributed by atoms with E-state index >= 15 is 0 Å². The van der Waals surface area contributed by atoms with E-state index in [-0.39, 0.29) is 18.6 Å². The normalized spacial score (nSPS) is 10.8. The highest BCUT2D eigenvalue weighted by molar-refractivity contribution is 6.31. The fourth-order valence-corrected chi connectivity index (χ4v) is 3.65. The van der Waals surface area contributed by atoms with Crippen LogP contribution in [0.5, 0.6) is 0 Å².